The number of nitrogens with one attached hydrogen (secondary N) is 1. The number of carboxylic acids is 1. The molecule has 0 aromatic rings. The van der Waals surface area contributed by atoms with Crippen LogP contribution < -0.4 is 11.1 Å². The Kier molecular flexibility index (Phi) is 3.61. The van der Waals surface area contributed by atoms with Crippen LogP contribution in [0.1, 0.15) is 19.3 Å². The molecule has 2 atom stereocenters. The van der Waals surface area contributed by atoms with Crippen LogP contribution in [0.3, 0.4) is 0 Å². The van der Waals surface area contributed by atoms with Gasteiger partial charge < -0.3 is 25.8 Å². The van der Waals surface area contributed by atoms with Crippen LogP contribution in [0.5, 0.6) is 0 Å². The van der Waals surface area contributed by atoms with E-state index >= 15 is 0 Å². The van der Waals surface area contributed by atoms with Crippen molar-refractivity contribution < 1.29 is 24.2 Å². The number of ether oxygens (including phenoxy) is 1. The normalized spacial score (nSPS) is 30.3. The van der Waals surface area contributed by atoms with E-state index in [1.54, 1.807) is 0 Å². The summed E-state index contributed by atoms with van der Waals surface area (Å²) >= 11 is 0. The van der Waals surface area contributed by atoms with E-state index in [2.05, 4.69) is 5.32 Å². The molecule has 0 bridgehead atoms. The number of hydrogen-bond acceptors (Lipinski definition) is 4. The summed E-state index contributed by atoms with van der Waals surface area (Å²) in [5.74, 6) is -1.70. The highest BCUT2D eigenvalue weighted by Gasteiger charge is 2.46. The molecule has 4 N–H and O–H groups in total. The summed E-state index contributed by atoms with van der Waals surface area (Å²) in [6.07, 6.45) is 1.40. The standard InChI is InChI=1S/C11H17N3O5/c12-8(15)7-2-1-4-14(7)10(18)13-11(9(16)17)3-5-19-6-11/h7H,1-6H2,(H2,12,15)(H,13,18)(H,16,17). The third kappa shape index (κ3) is 2.48. The minimum Gasteiger partial charge on any atom is -0.479 e. The number of urea groups is 1. The molecule has 2 unspecified atom stereocenters. The Morgan fingerprint density at radius 3 is 2.68 bits per heavy atom. The fraction of sp³-hybridized carbons (Fsp3) is 0.727. The molecule has 8 nitrogen and oxygen atoms in total. The van der Waals surface area contributed by atoms with Crippen molar-refractivity contribution in [3.63, 3.8) is 0 Å². The number of carbonyl (C=O) groups excluding carboxylic acids is 2. The highest BCUT2D eigenvalue weighted by molar-refractivity contribution is 5.90. The quantitative estimate of drug-likeness (QED) is 0.600. The number of carboxylic acid groups (broad SMARTS) is 1. The number of nitrogens with zero attached hydrogens (tertiary/aromatic N) is 1. The van der Waals surface area contributed by atoms with Gasteiger partial charge in [0.25, 0.3) is 0 Å². The van der Waals surface area contributed by atoms with E-state index in [0.29, 0.717) is 19.4 Å². The van der Waals surface area contributed by atoms with Crippen molar-refractivity contribution in [2.45, 2.75) is 30.8 Å². The molecule has 0 aliphatic carbocycles. The number of carbonyl (C=O) groups is 3. The molecule has 0 saturated carbocycles. The van der Waals surface area contributed by atoms with Gasteiger partial charge in [-0.1, -0.05) is 0 Å². The lowest BCUT2D eigenvalue weighted by atomic mass is 9.99. The Morgan fingerprint density at radius 2 is 2.16 bits per heavy atom. The van der Waals surface area contributed by atoms with Crippen LogP contribution >= 0.6 is 0 Å². The van der Waals surface area contributed by atoms with Gasteiger partial charge in [-0.25, -0.2) is 9.59 Å². The maximum absolute atomic E-state index is 12.1. The third-order valence-electron chi connectivity index (χ3n) is 3.62. The average molecular weight is 271 g/mol. The van der Waals surface area contributed by atoms with Crippen LogP contribution in [-0.2, 0) is 14.3 Å². The van der Waals surface area contributed by atoms with Crippen LogP contribution in [0, 0.1) is 0 Å². The molecule has 3 amide bonds. The first-order valence-electron chi connectivity index (χ1n) is 6.15. The molecule has 19 heavy (non-hydrogen) atoms. The molecule has 2 aliphatic heterocycles. The number of amides is 3. The second kappa shape index (κ2) is 5.04. The Morgan fingerprint density at radius 1 is 1.42 bits per heavy atom. The molecule has 0 aromatic heterocycles. The second-order valence-corrected chi connectivity index (χ2v) is 4.87. The van der Waals surface area contributed by atoms with Crippen LogP contribution in [0.4, 0.5) is 4.79 Å². The van der Waals surface area contributed by atoms with Crippen molar-refractivity contribution in [1.82, 2.24) is 10.2 Å². The van der Waals surface area contributed by atoms with Gasteiger partial charge >= 0.3 is 12.0 Å². The van der Waals surface area contributed by atoms with E-state index < -0.39 is 29.5 Å². The maximum atomic E-state index is 12.1. The maximum Gasteiger partial charge on any atom is 0.332 e. The molecular weight excluding hydrogens is 254 g/mol. The van der Waals surface area contributed by atoms with Crippen molar-refractivity contribution in [1.29, 1.82) is 0 Å². The van der Waals surface area contributed by atoms with Crippen LogP contribution in [-0.4, -0.2) is 59.3 Å². The minimum absolute atomic E-state index is 0.0663. The van der Waals surface area contributed by atoms with Crippen LogP contribution in [0.25, 0.3) is 0 Å². The molecule has 2 heterocycles. The lowest BCUT2D eigenvalue weighted by Gasteiger charge is -2.29. The summed E-state index contributed by atoms with van der Waals surface area (Å²) in [6.45, 7) is 0.616. The van der Waals surface area contributed by atoms with Gasteiger partial charge in [0.05, 0.1) is 6.61 Å². The number of likely N-dealkylation sites (tertiary alicyclic amines) is 1. The van der Waals surface area contributed by atoms with Gasteiger partial charge in [0.2, 0.25) is 5.91 Å². The fourth-order valence-electron chi connectivity index (χ4n) is 2.47. The summed E-state index contributed by atoms with van der Waals surface area (Å²) in [4.78, 5) is 35.9. The fourth-order valence-corrected chi connectivity index (χ4v) is 2.47. The van der Waals surface area contributed by atoms with Crippen molar-refractivity contribution in [2.75, 3.05) is 19.8 Å². The first-order valence-corrected chi connectivity index (χ1v) is 6.15. The van der Waals surface area contributed by atoms with Gasteiger partial charge in [0.1, 0.15) is 6.04 Å². The van der Waals surface area contributed by atoms with E-state index in [9.17, 15) is 19.5 Å². The molecular formula is C11H17N3O5. The summed E-state index contributed by atoms with van der Waals surface area (Å²) in [5, 5.41) is 11.7. The van der Waals surface area contributed by atoms with Crippen molar-refractivity contribution in [3.05, 3.63) is 0 Å². The minimum atomic E-state index is -1.40. The van der Waals surface area contributed by atoms with Gasteiger partial charge in [-0.3, -0.25) is 4.79 Å². The largest absolute Gasteiger partial charge is 0.479 e. The second-order valence-electron chi connectivity index (χ2n) is 4.87. The Hall–Kier alpha value is -1.83. The zero-order chi connectivity index (χ0) is 14.0. The first kappa shape index (κ1) is 13.6. The molecule has 0 radical (unpaired) electrons. The molecule has 2 rings (SSSR count). The summed E-state index contributed by atoms with van der Waals surface area (Å²) in [7, 11) is 0. The number of hydrogen-bond donors (Lipinski definition) is 3. The van der Waals surface area contributed by atoms with Gasteiger partial charge in [-0.2, -0.15) is 0 Å². The van der Waals surface area contributed by atoms with Crippen LogP contribution in [0.2, 0.25) is 0 Å². The number of aliphatic carboxylic acids is 1. The Balaban J connectivity index is 2.07. The van der Waals surface area contributed by atoms with Crippen molar-refractivity contribution in [2.24, 2.45) is 5.73 Å². The van der Waals surface area contributed by atoms with Crippen molar-refractivity contribution in [3.8, 4) is 0 Å². The molecule has 8 heteroatoms. The molecule has 0 spiro atoms. The smallest absolute Gasteiger partial charge is 0.332 e. The highest BCUT2D eigenvalue weighted by Crippen LogP contribution is 2.22. The topological polar surface area (TPSA) is 122 Å². The van der Waals surface area contributed by atoms with E-state index in [1.165, 1.54) is 4.90 Å². The lowest BCUT2D eigenvalue weighted by Crippen LogP contribution is -2.60. The molecule has 2 saturated heterocycles. The average Bonchev–Trinajstić information content (AvgIpc) is 2.97. The predicted octanol–water partition coefficient (Wildman–Crippen LogP) is -1.11. The Labute approximate surface area is 109 Å². The van der Waals surface area contributed by atoms with Crippen LogP contribution in [0.15, 0.2) is 0 Å². The molecule has 2 aliphatic rings. The third-order valence-corrected chi connectivity index (χ3v) is 3.62. The van der Waals surface area contributed by atoms with Gasteiger partial charge in [0, 0.05) is 19.6 Å². The zero-order valence-electron chi connectivity index (χ0n) is 10.4. The van der Waals surface area contributed by atoms with Gasteiger partial charge in [-0.05, 0) is 12.8 Å². The van der Waals surface area contributed by atoms with E-state index in [0.717, 1.165) is 0 Å². The highest BCUT2D eigenvalue weighted by atomic mass is 16.5. The van der Waals surface area contributed by atoms with E-state index in [4.69, 9.17) is 10.5 Å². The Bertz CT molecular complexity index is 405. The molecule has 2 fully saturated rings. The SMILES string of the molecule is NC(=O)C1CCCN1C(=O)NC1(C(=O)O)CCOC1. The summed E-state index contributed by atoms with van der Waals surface area (Å²) < 4.78 is 5.05. The van der Waals surface area contributed by atoms with E-state index in [-0.39, 0.29) is 19.6 Å². The number of rotatable bonds is 3. The number of nitrogens with two attached hydrogens (primary N) is 1. The zero-order valence-corrected chi connectivity index (χ0v) is 10.4. The molecule has 0 aromatic carbocycles. The monoisotopic (exact) mass is 271 g/mol. The lowest BCUT2D eigenvalue weighted by molar-refractivity contribution is -0.144. The molecule has 106 valence electrons. The predicted molar refractivity (Wildman–Crippen MR) is 63.3 cm³/mol. The summed E-state index contributed by atoms with van der Waals surface area (Å²) in [6, 6.07) is -1.23. The first-order chi connectivity index (χ1) is 8.96. The van der Waals surface area contributed by atoms with Crippen molar-refractivity contribution >= 4 is 17.9 Å². The van der Waals surface area contributed by atoms with E-state index in [1.807, 2.05) is 0 Å². The van der Waals surface area contributed by atoms with Gasteiger partial charge in [0.15, 0.2) is 5.54 Å². The number of primary amides is 1. The van der Waals surface area contributed by atoms with Gasteiger partial charge in [-0.15, -0.1) is 0 Å². The summed E-state index contributed by atoms with van der Waals surface area (Å²) in [5.41, 5.74) is 3.82.